The van der Waals surface area contributed by atoms with Crippen molar-refractivity contribution in [1.82, 2.24) is 9.97 Å². The zero-order chi connectivity index (χ0) is 26.4. The molecule has 37 heavy (non-hydrogen) atoms. The van der Waals surface area contributed by atoms with Gasteiger partial charge in [-0.2, -0.15) is 0 Å². The second-order valence-corrected chi connectivity index (χ2v) is 9.54. The van der Waals surface area contributed by atoms with E-state index in [4.69, 9.17) is 9.15 Å². The molecule has 0 bridgehead atoms. The van der Waals surface area contributed by atoms with E-state index in [2.05, 4.69) is 9.97 Å². The molecule has 1 saturated heterocycles. The summed E-state index contributed by atoms with van der Waals surface area (Å²) >= 11 is 0. The Balaban J connectivity index is 1.70. The van der Waals surface area contributed by atoms with E-state index < -0.39 is 17.7 Å². The molecule has 0 aliphatic carbocycles. The number of furan rings is 1. The molecule has 1 aliphatic heterocycles. The summed E-state index contributed by atoms with van der Waals surface area (Å²) in [4.78, 5) is 35.8. The Morgan fingerprint density at radius 2 is 1.92 bits per heavy atom. The summed E-state index contributed by atoms with van der Waals surface area (Å²) in [5, 5.41) is 11.5. The number of Topliss-reactive ketones (excluding diaryl/α,β-unsaturated/α-hetero) is 1. The number of ether oxygens (including phenoxy) is 1. The lowest BCUT2D eigenvalue weighted by Crippen LogP contribution is -2.30. The van der Waals surface area contributed by atoms with Crippen molar-refractivity contribution in [2.45, 2.75) is 46.6 Å². The van der Waals surface area contributed by atoms with Crippen LogP contribution in [0.15, 0.2) is 58.5 Å². The lowest BCUT2D eigenvalue weighted by molar-refractivity contribution is -0.132. The van der Waals surface area contributed by atoms with Crippen LogP contribution in [0, 0.1) is 13.8 Å². The van der Waals surface area contributed by atoms with Gasteiger partial charge < -0.3 is 19.2 Å². The minimum Gasteiger partial charge on any atom is -0.507 e. The van der Waals surface area contributed by atoms with E-state index in [-0.39, 0.29) is 23.2 Å². The smallest absolute Gasteiger partial charge is 0.302 e. The van der Waals surface area contributed by atoms with Crippen molar-refractivity contribution in [3.63, 3.8) is 0 Å². The van der Waals surface area contributed by atoms with Gasteiger partial charge in [0.05, 0.1) is 23.2 Å². The number of fused-ring (bicyclic) bond motifs is 1. The number of nitrogens with one attached hydrogen (secondary N) is 1. The fraction of sp³-hybridized carbons (Fsp3) is 0.276. The molecular weight excluding hydrogens is 470 g/mol. The van der Waals surface area contributed by atoms with E-state index in [0.29, 0.717) is 35.0 Å². The molecule has 0 saturated carbocycles. The van der Waals surface area contributed by atoms with Crippen LogP contribution in [0.1, 0.15) is 60.9 Å². The van der Waals surface area contributed by atoms with Crippen LogP contribution in [-0.4, -0.2) is 33.4 Å². The normalized spacial score (nSPS) is 17.4. The molecule has 0 radical (unpaired) electrons. The Labute approximate surface area is 214 Å². The second kappa shape index (κ2) is 9.28. The Kier molecular flexibility index (Phi) is 6.11. The third-order valence-corrected chi connectivity index (χ3v) is 6.53. The van der Waals surface area contributed by atoms with Crippen molar-refractivity contribution in [3.05, 3.63) is 82.3 Å². The molecule has 4 aromatic rings. The molecule has 2 aromatic carbocycles. The van der Waals surface area contributed by atoms with Gasteiger partial charge in [-0.25, -0.2) is 4.98 Å². The number of amides is 1. The van der Waals surface area contributed by atoms with Gasteiger partial charge in [0, 0.05) is 5.56 Å². The maximum Gasteiger partial charge on any atom is 0.302 e. The molecule has 2 N–H and O–H groups in total. The van der Waals surface area contributed by atoms with Crippen molar-refractivity contribution in [2.24, 2.45) is 0 Å². The number of benzene rings is 2. The number of hydrogen-bond acceptors (Lipinski definition) is 6. The molecule has 0 spiro atoms. The zero-order valence-electron chi connectivity index (χ0n) is 21.5. The van der Waals surface area contributed by atoms with Gasteiger partial charge in [-0.15, -0.1) is 0 Å². The maximum atomic E-state index is 13.4. The Morgan fingerprint density at radius 3 is 2.59 bits per heavy atom. The molecule has 190 valence electrons. The second-order valence-electron chi connectivity index (χ2n) is 9.54. The number of carbonyl (C=O) groups excluding carboxylic acids is 2. The first-order chi connectivity index (χ1) is 17.7. The summed E-state index contributed by atoms with van der Waals surface area (Å²) in [5.41, 5.74) is 3.66. The number of aryl methyl sites for hydroxylation is 2. The molecule has 8 heteroatoms. The molecule has 8 nitrogen and oxygen atoms in total. The highest BCUT2D eigenvalue weighted by molar-refractivity contribution is 6.51. The van der Waals surface area contributed by atoms with Crippen LogP contribution in [0.5, 0.6) is 5.75 Å². The highest BCUT2D eigenvalue weighted by Crippen LogP contribution is 2.43. The first kappa shape index (κ1) is 24.4. The molecular formula is C29H29N3O5. The Hall–Kier alpha value is -4.33. The van der Waals surface area contributed by atoms with Gasteiger partial charge in [0.25, 0.3) is 5.78 Å². The van der Waals surface area contributed by atoms with Crippen molar-refractivity contribution in [3.8, 4) is 5.75 Å². The number of hydrogen-bond donors (Lipinski definition) is 2. The van der Waals surface area contributed by atoms with Gasteiger partial charge in [0.15, 0.2) is 0 Å². The number of rotatable bonds is 6. The molecule has 1 amide bonds. The van der Waals surface area contributed by atoms with Crippen molar-refractivity contribution >= 4 is 34.4 Å². The third kappa shape index (κ3) is 4.18. The SMILES string of the molecule is CCOc1ccc(/C(O)=C2\C(=O)C(=O)N(c3nc4ccc(C)cc4[nH]3)C2c2ccc(C)o2)cc1C(C)C. The minimum absolute atomic E-state index is 0.0603. The highest BCUT2D eigenvalue weighted by Gasteiger charge is 2.49. The highest BCUT2D eigenvalue weighted by atomic mass is 16.5. The lowest BCUT2D eigenvalue weighted by atomic mass is 9.95. The van der Waals surface area contributed by atoms with E-state index in [1.807, 2.05) is 45.9 Å². The first-order valence-electron chi connectivity index (χ1n) is 12.3. The summed E-state index contributed by atoms with van der Waals surface area (Å²) in [6, 6.07) is 13.4. The lowest BCUT2D eigenvalue weighted by Gasteiger charge is -2.21. The summed E-state index contributed by atoms with van der Waals surface area (Å²) in [5.74, 6) is 0.102. The number of aliphatic hydroxyl groups excluding tert-OH is 1. The van der Waals surface area contributed by atoms with Gasteiger partial charge in [-0.1, -0.05) is 19.9 Å². The standard InChI is InChI=1S/C29H29N3O5/c1-6-36-22-12-9-18(14-19(22)15(2)3)26(33)24-25(23-11-8-17(5)37-23)32(28(35)27(24)34)29-30-20-10-7-16(4)13-21(20)31-29/h7-15,25,33H,6H2,1-5H3,(H,30,31)/b26-24+. The average Bonchev–Trinajstić information content (AvgIpc) is 3.54. The summed E-state index contributed by atoms with van der Waals surface area (Å²) in [6.07, 6.45) is 0. The van der Waals surface area contributed by atoms with Crippen LogP contribution in [0.3, 0.4) is 0 Å². The van der Waals surface area contributed by atoms with Gasteiger partial charge in [-0.05, 0) is 80.3 Å². The van der Waals surface area contributed by atoms with E-state index in [0.717, 1.165) is 16.6 Å². The quantitative estimate of drug-likeness (QED) is 0.194. The van der Waals surface area contributed by atoms with E-state index in [9.17, 15) is 14.7 Å². The van der Waals surface area contributed by atoms with Gasteiger partial charge in [0.1, 0.15) is 29.1 Å². The predicted molar refractivity (Wildman–Crippen MR) is 141 cm³/mol. The third-order valence-electron chi connectivity index (χ3n) is 6.53. The minimum atomic E-state index is -0.996. The number of aromatic nitrogens is 2. The average molecular weight is 500 g/mol. The van der Waals surface area contributed by atoms with Gasteiger partial charge >= 0.3 is 5.91 Å². The molecule has 1 aliphatic rings. The number of imidazole rings is 1. The van der Waals surface area contributed by atoms with Crippen LogP contribution in [0.25, 0.3) is 16.8 Å². The molecule has 5 rings (SSSR count). The number of ketones is 1. The summed E-state index contributed by atoms with van der Waals surface area (Å²) in [7, 11) is 0. The monoisotopic (exact) mass is 499 g/mol. The van der Waals surface area contributed by atoms with Gasteiger partial charge in [-0.3, -0.25) is 14.5 Å². The van der Waals surface area contributed by atoms with E-state index in [1.54, 1.807) is 37.3 Å². The van der Waals surface area contributed by atoms with E-state index in [1.165, 1.54) is 4.90 Å². The fourth-order valence-electron chi connectivity index (χ4n) is 4.73. The van der Waals surface area contributed by atoms with Crippen LogP contribution in [-0.2, 0) is 9.59 Å². The zero-order valence-corrected chi connectivity index (χ0v) is 21.5. The summed E-state index contributed by atoms with van der Waals surface area (Å²) < 4.78 is 11.6. The van der Waals surface area contributed by atoms with E-state index >= 15 is 0 Å². The molecule has 1 atom stereocenters. The number of anilines is 1. The molecule has 3 heterocycles. The first-order valence-corrected chi connectivity index (χ1v) is 12.3. The molecule has 2 aromatic heterocycles. The van der Waals surface area contributed by atoms with Gasteiger partial charge in [0.2, 0.25) is 5.95 Å². The van der Waals surface area contributed by atoms with Crippen LogP contribution < -0.4 is 9.64 Å². The van der Waals surface area contributed by atoms with Crippen molar-refractivity contribution in [1.29, 1.82) is 0 Å². The van der Waals surface area contributed by atoms with Crippen molar-refractivity contribution in [2.75, 3.05) is 11.5 Å². The Morgan fingerprint density at radius 1 is 1.14 bits per heavy atom. The fourth-order valence-corrected chi connectivity index (χ4v) is 4.73. The number of aromatic amines is 1. The van der Waals surface area contributed by atoms with Crippen LogP contribution >= 0.6 is 0 Å². The number of carbonyl (C=O) groups is 2. The van der Waals surface area contributed by atoms with Crippen molar-refractivity contribution < 1.29 is 23.8 Å². The number of nitrogens with zero attached hydrogens (tertiary/aromatic N) is 2. The predicted octanol–water partition coefficient (Wildman–Crippen LogP) is 5.92. The maximum absolute atomic E-state index is 13.4. The van der Waals surface area contributed by atoms with Crippen LogP contribution in [0.2, 0.25) is 0 Å². The topological polar surface area (TPSA) is 109 Å². The Bertz CT molecular complexity index is 1560. The number of aliphatic hydroxyl groups is 1. The molecule has 1 unspecified atom stereocenters. The largest absolute Gasteiger partial charge is 0.507 e. The summed E-state index contributed by atoms with van der Waals surface area (Å²) in [6.45, 7) is 10.2. The molecule has 1 fully saturated rings. The number of H-pyrrole nitrogens is 1. The van der Waals surface area contributed by atoms with Crippen LogP contribution in [0.4, 0.5) is 5.95 Å².